The molecule has 2 aromatic carbocycles. The monoisotopic (exact) mass is 440 g/mol. The van der Waals surface area contributed by atoms with E-state index in [2.05, 4.69) is 5.32 Å². The summed E-state index contributed by atoms with van der Waals surface area (Å²) in [4.78, 5) is 28.0. The number of hydrogen-bond donors (Lipinski definition) is 1. The van der Waals surface area contributed by atoms with Crippen molar-refractivity contribution in [3.63, 3.8) is 0 Å². The van der Waals surface area contributed by atoms with Gasteiger partial charge in [0.05, 0.1) is 17.9 Å². The van der Waals surface area contributed by atoms with Crippen LogP contribution in [0.2, 0.25) is 0 Å². The molecule has 0 aromatic heterocycles. The molecule has 2 amide bonds. The van der Waals surface area contributed by atoms with Gasteiger partial charge in [0, 0.05) is 18.0 Å². The molecule has 3 rings (SSSR count). The minimum absolute atomic E-state index is 0.124. The number of benzene rings is 2. The molecule has 6 heteroatoms. The second-order valence-electron chi connectivity index (χ2n) is 8.00. The topological polar surface area (TPSA) is 58.6 Å². The molecule has 0 heterocycles. The smallest absolute Gasteiger partial charge is 0.252 e. The van der Waals surface area contributed by atoms with Gasteiger partial charge in [0.2, 0.25) is 5.91 Å². The molecule has 0 bridgehead atoms. The van der Waals surface area contributed by atoms with Crippen LogP contribution >= 0.6 is 11.8 Å². The van der Waals surface area contributed by atoms with E-state index >= 15 is 0 Å². The summed E-state index contributed by atoms with van der Waals surface area (Å²) in [6.45, 7) is 2.84. The van der Waals surface area contributed by atoms with Crippen LogP contribution in [0.3, 0.4) is 0 Å². The van der Waals surface area contributed by atoms with E-state index in [9.17, 15) is 9.59 Å². The number of carbonyl (C=O) groups is 2. The fourth-order valence-corrected chi connectivity index (χ4v) is 4.73. The number of ether oxygens (including phenoxy) is 1. The van der Waals surface area contributed by atoms with Crippen molar-refractivity contribution < 1.29 is 14.3 Å². The van der Waals surface area contributed by atoms with Gasteiger partial charge in [-0.3, -0.25) is 9.59 Å². The molecular formula is C25H32N2O3S. The first-order valence-corrected chi connectivity index (χ1v) is 12.0. The summed E-state index contributed by atoms with van der Waals surface area (Å²) in [5.74, 6) is 1.10. The van der Waals surface area contributed by atoms with Crippen molar-refractivity contribution in [1.82, 2.24) is 10.2 Å². The highest BCUT2D eigenvalue weighted by Gasteiger charge is 2.22. The summed E-state index contributed by atoms with van der Waals surface area (Å²) in [5.41, 5.74) is 1.77. The first-order valence-electron chi connectivity index (χ1n) is 11.0. The molecule has 0 unspecified atom stereocenters. The van der Waals surface area contributed by atoms with Crippen molar-refractivity contribution in [2.75, 3.05) is 26.0 Å². The maximum Gasteiger partial charge on any atom is 0.252 e. The van der Waals surface area contributed by atoms with Gasteiger partial charge in [0.1, 0.15) is 12.4 Å². The van der Waals surface area contributed by atoms with Gasteiger partial charge in [-0.1, -0.05) is 49.1 Å². The Kier molecular flexibility index (Phi) is 8.83. The first-order chi connectivity index (χ1) is 15.0. The Morgan fingerprint density at radius 2 is 1.77 bits per heavy atom. The molecule has 1 N–H and O–H groups in total. The molecule has 0 aliphatic heterocycles. The molecule has 2 aromatic rings. The van der Waals surface area contributed by atoms with E-state index in [1.165, 1.54) is 36.6 Å². The van der Waals surface area contributed by atoms with Crippen LogP contribution in [0.1, 0.15) is 48.0 Å². The standard InChI is InChI=1S/C25H32N2O3S/c1-19-12-14-21(15-13-19)30-17-16-26-25(29)22-10-6-7-11-23(22)31-18-24(28)27(2)20-8-4-3-5-9-20/h6-7,10-15,20H,3-5,8-9,16-18H2,1-2H3,(H,26,29). The molecule has 0 saturated heterocycles. The first kappa shape index (κ1) is 23.2. The van der Waals surface area contributed by atoms with Crippen molar-refractivity contribution >= 4 is 23.6 Å². The Hall–Kier alpha value is -2.47. The maximum atomic E-state index is 12.7. The average Bonchev–Trinajstić information content (AvgIpc) is 2.81. The highest BCUT2D eigenvalue weighted by Crippen LogP contribution is 2.25. The van der Waals surface area contributed by atoms with E-state index in [0.29, 0.717) is 30.5 Å². The van der Waals surface area contributed by atoms with Crippen LogP contribution < -0.4 is 10.1 Å². The van der Waals surface area contributed by atoms with Gasteiger partial charge in [0.25, 0.3) is 5.91 Å². The van der Waals surface area contributed by atoms with Crippen molar-refractivity contribution in [3.8, 4) is 5.75 Å². The van der Waals surface area contributed by atoms with Crippen molar-refractivity contribution in [2.45, 2.75) is 50.0 Å². The number of nitrogens with one attached hydrogen (secondary N) is 1. The van der Waals surface area contributed by atoms with E-state index in [1.807, 2.05) is 61.3 Å². The molecule has 1 aliphatic rings. The summed E-state index contributed by atoms with van der Waals surface area (Å²) in [7, 11) is 1.91. The maximum absolute atomic E-state index is 12.7. The fraction of sp³-hybridized carbons (Fsp3) is 0.440. The predicted octanol–water partition coefficient (Wildman–Crippen LogP) is 4.69. The quantitative estimate of drug-likeness (QED) is 0.454. The van der Waals surface area contributed by atoms with E-state index in [0.717, 1.165) is 23.5 Å². The summed E-state index contributed by atoms with van der Waals surface area (Å²) >= 11 is 1.43. The molecule has 1 aliphatic carbocycles. The average molecular weight is 441 g/mol. The lowest BCUT2D eigenvalue weighted by Crippen LogP contribution is -2.39. The Morgan fingerprint density at radius 1 is 1.06 bits per heavy atom. The van der Waals surface area contributed by atoms with Gasteiger partial charge in [-0.2, -0.15) is 0 Å². The second kappa shape index (κ2) is 11.8. The number of aryl methyl sites for hydroxylation is 1. The second-order valence-corrected chi connectivity index (χ2v) is 9.02. The SMILES string of the molecule is Cc1ccc(OCCNC(=O)c2ccccc2SCC(=O)N(C)C2CCCCC2)cc1. The summed E-state index contributed by atoms with van der Waals surface area (Å²) in [5, 5.41) is 2.91. The fourth-order valence-electron chi connectivity index (χ4n) is 3.76. The van der Waals surface area contributed by atoms with Crippen LogP contribution in [-0.4, -0.2) is 48.7 Å². The lowest BCUT2D eigenvalue weighted by atomic mass is 9.94. The van der Waals surface area contributed by atoms with Gasteiger partial charge >= 0.3 is 0 Å². The van der Waals surface area contributed by atoms with Crippen LogP contribution in [0.25, 0.3) is 0 Å². The van der Waals surface area contributed by atoms with Gasteiger partial charge < -0.3 is 15.0 Å². The number of nitrogens with zero attached hydrogens (tertiary/aromatic N) is 1. The molecule has 0 spiro atoms. The van der Waals surface area contributed by atoms with Crippen LogP contribution in [0, 0.1) is 6.92 Å². The van der Waals surface area contributed by atoms with E-state index in [1.54, 1.807) is 6.07 Å². The highest BCUT2D eigenvalue weighted by molar-refractivity contribution is 8.00. The van der Waals surface area contributed by atoms with Crippen LogP contribution in [0.15, 0.2) is 53.4 Å². The lowest BCUT2D eigenvalue weighted by molar-refractivity contribution is -0.129. The van der Waals surface area contributed by atoms with Gasteiger partial charge in [0.15, 0.2) is 0 Å². The molecule has 0 radical (unpaired) electrons. The van der Waals surface area contributed by atoms with E-state index in [4.69, 9.17) is 4.74 Å². The third-order valence-corrected chi connectivity index (χ3v) is 6.73. The van der Waals surface area contributed by atoms with Crippen molar-refractivity contribution in [2.24, 2.45) is 0 Å². The summed E-state index contributed by atoms with van der Waals surface area (Å²) in [6.07, 6.45) is 5.86. The number of hydrogen-bond acceptors (Lipinski definition) is 4. The predicted molar refractivity (Wildman–Crippen MR) is 126 cm³/mol. The zero-order valence-corrected chi connectivity index (χ0v) is 19.2. The largest absolute Gasteiger partial charge is 0.492 e. The number of amides is 2. The molecule has 31 heavy (non-hydrogen) atoms. The minimum Gasteiger partial charge on any atom is -0.492 e. The summed E-state index contributed by atoms with van der Waals surface area (Å²) < 4.78 is 5.67. The molecule has 1 saturated carbocycles. The summed E-state index contributed by atoms with van der Waals surface area (Å²) in [6, 6.07) is 15.6. The zero-order valence-electron chi connectivity index (χ0n) is 18.4. The third-order valence-electron chi connectivity index (χ3n) is 5.68. The molecule has 166 valence electrons. The van der Waals surface area contributed by atoms with Crippen LogP contribution in [0.4, 0.5) is 0 Å². The van der Waals surface area contributed by atoms with Gasteiger partial charge in [-0.05, 0) is 44.0 Å². The zero-order chi connectivity index (χ0) is 22.1. The Labute approximate surface area is 189 Å². The van der Waals surface area contributed by atoms with E-state index in [-0.39, 0.29) is 11.8 Å². The number of thioether (sulfide) groups is 1. The van der Waals surface area contributed by atoms with E-state index < -0.39 is 0 Å². The minimum atomic E-state index is -0.149. The molecule has 0 atom stereocenters. The third kappa shape index (κ3) is 7.03. The Balaban J connectivity index is 1.47. The molecule has 1 fully saturated rings. The Morgan fingerprint density at radius 3 is 2.52 bits per heavy atom. The number of carbonyl (C=O) groups excluding carboxylic acids is 2. The van der Waals surface area contributed by atoms with Crippen molar-refractivity contribution in [1.29, 1.82) is 0 Å². The molecule has 5 nitrogen and oxygen atoms in total. The highest BCUT2D eigenvalue weighted by atomic mass is 32.2. The number of rotatable bonds is 9. The van der Waals surface area contributed by atoms with Gasteiger partial charge in [-0.25, -0.2) is 0 Å². The van der Waals surface area contributed by atoms with Crippen LogP contribution in [-0.2, 0) is 4.79 Å². The van der Waals surface area contributed by atoms with Gasteiger partial charge in [-0.15, -0.1) is 11.8 Å². The molecular weight excluding hydrogens is 408 g/mol. The Bertz CT molecular complexity index is 863. The normalized spacial score (nSPS) is 14.1. The van der Waals surface area contributed by atoms with Crippen LogP contribution in [0.5, 0.6) is 5.75 Å². The van der Waals surface area contributed by atoms with Crippen molar-refractivity contribution in [3.05, 3.63) is 59.7 Å². The lowest BCUT2D eigenvalue weighted by Gasteiger charge is -2.31.